The van der Waals surface area contributed by atoms with Crippen LogP contribution in [0.2, 0.25) is 0 Å². The van der Waals surface area contributed by atoms with Gasteiger partial charge in [-0.1, -0.05) is 36.8 Å². The van der Waals surface area contributed by atoms with Crippen molar-refractivity contribution in [2.75, 3.05) is 0 Å². The highest BCUT2D eigenvalue weighted by molar-refractivity contribution is 5.59. The second-order valence-electron chi connectivity index (χ2n) is 6.10. The van der Waals surface area contributed by atoms with Crippen LogP contribution in [-0.2, 0) is 13.1 Å². The number of aryl methyl sites for hydroxylation is 2. The van der Waals surface area contributed by atoms with Crippen LogP contribution in [0.5, 0.6) is 0 Å². The van der Waals surface area contributed by atoms with Gasteiger partial charge in [-0.25, -0.2) is 4.68 Å². The van der Waals surface area contributed by atoms with E-state index in [1.807, 2.05) is 6.07 Å². The number of aromatic nitrogens is 2. The van der Waals surface area contributed by atoms with Crippen molar-refractivity contribution in [1.82, 2.24) is 15.1 Å². The van der Waals surface area contributed by atoms with Crippen LogP contribution >= 0.6 is 0 Å². The molecular weight excluding hydrogens is 274 g/mol. The molecule has 2 aromatic rings. The Morgan fingerprint density at radius 1 is 1.27 bits per heavy atom. The molecule has 1 fully saturated rings. The summed E-state index contributed by atoms with van der Waals surface area (Å²) < 4.78 is 1.61. The van der Waals surface area contributed by atoms with E-state index in [0.29, 0.717) is 19.1 Å². The van der Waals surface area contributed by atoms with Crippen LogP contribution in [0, 0.1) is 6.92 Å². The summed E-state index contributed by atoms with van der Waals surface area (Å²) in [6.45, 7) is 5.43. The Morgan fingerprint density at radius 2 is 2.00 bits per heavy atom. The summed E-state index contributed by atoms with van der Waals surface area (Å²) in [5, 5.41) is 7.97. The van der Waals surface area contributed by atoms with Gasteiger partial charge in [-0.15, -0.1) is 0 Å². The SMILES string of the molecule is CCCn1nc(-c2ccc(C)cc2)cc(CNC2CC2)c1=O. The third-order valence-corrected chi connectivity index (χ3v) is 3.99. The fraction of sp³-hybridized carbons (Fsp3) is 0.444. The maximum Gasteiger partial charge on any atom is 0.271 e. The first-order chi connectivity index (χ1) is 10.7. The topological polar surface area (TPSA) is 46.9 Å². The van der Waals surface area contributed by atoms with Crippen molar-refractivity contribution in [2.24, 2.45) is 0 Å². The molecule has 1 heterocycles. The Morgan fingerprint density at radius 3 is 2.64 bits per heavy atom. The lowest BCUT2D eigenvalue weighted by atomic mass is 10.1. The molecule has 116 valence electrons. The number of nitrogens with one attached hydrogen (secondary N) is 1. The van der Waals surface area contributed by atoms with Gasteiger partial charge in [-0.2, -0.15) is 5.10 Å². The van der Waals surface area contributed by atoms with E-state index in [-0.39, 0.29) is 5.56 Å². The maximum absolute atomic E-state index is 12.5. The van der Waals surface area contributed by atoms with Crippen LogP contribution in [0.1, 0.15) is 37.3 Å². The first-order valence-corrected chi connectivity index (χ1v) is 8.09. The van der Waals surface area contributed by atoms with E-state index in [0.717, 1.165) is 23.2 Å². The molecule has 1 saturated carbocycles. The fourth-order valence-corrected chi connectivity index (χ4v) is 2.49. The van der Waals surface area contributed by atoms with Gasteiger partial charge in [0.15, 0.2) is 0 Å². The number of hydrogen-bond donors (Lipinski definition) is 1. The average molecular weight is 297 g/mol. The summed E-state index contributed by atoms with van der Waals surface area (Å²) in [6.07, 6.45) is 3.35. The summed E-state index contributed by atoms with van der Waals surface area (Å²) in [7, 11) is 0. The summed E-state index contributed by atoms with van der Waals surface area (Å²) in [5.74, 6) is 0. The van der Waals surface area contributed by atoms with Crippen LogP contribution in [0.25, 0.3) is 11.3 Å². The second-order valence-corrected chi connectivity index (χ2v) is 6.10. The van der Waals surface area contributed by atoms with E-state index in [9.17, 15) is 4.79 Å². The largest absolute Gasteiger partial charge is 0.310 e. The predicted octanol–water partition coefficient (Wildman–Crippen LogP) is 2.88. The molecule has 0 atom stereocenters. The smallest absolute Gasteiger partial charge is 0.271 e. The van der Waals surface area contributed by atoms with E-state index >= 15 is 0 Å². The molecule has 0 aliphatic heterocycles. The molecule has 4 heteroatoms. The third kappa shape index (κ3) is 3.45. The lowest BCUT2D eigenvalue weighted by molar-refractivity contribution is 0.557. The minimum absolute atomic E-state index is 0.0332. The van der Waals surface area contributed by atoms with E-state index < -0.39 is 0 Å². The van der Waals surface area contributed by atoms with Gasteiger partial charge < -0.3 is 5.32 Å². The Balaban J connectivity index is 1.96. The summed E-state index contributed by atoms with van der Waals surface area (Å²) in [4.78, 5) is 12.5. The van der Waals surface area contributed by atoms with E-state index in [4.69, 9.17) is 0 Å². The normalized spacial score (nSPS) is 14.3. The lowest BCUT2D eigenvalue weighted by Gasteiger charge is -2.11. The van der Waals surface area contributed by atoms with E-state index in [1.54, 1.807) is 4.68 Å². The predicted molar refractivity (Wildman–Crippen MR) is 88.8 cm³/mol. The highest BCUT2D eigenvalue weighted by Gasteiger charge is 2.21. The van der Waals surface area contributed by atoms with E-state index in [1.165, 1.54) is 18.4 Å². The minimum Gasteiger partial charge on any atom is -0.310 e. The van der Waals surface area contributed by atoms with Gasteiger partial charge in [0.05, 0.1) is 5.69 Å². The zero-order chi connectivity index (χ0) is 15.5. The molecule has 1 aliphatic rings. The average Bonchev–Trinajstić information content (AvgIpc) is 3.33. The van der Waals surface area contributed by atoms with Crippen molar-refractivity contribution in [1.29, 1.82) is 0 Å². The molecule has 3 rings (SSSR count). The molecule has 4 nitrogen and oxygen atoms in total. The van der Waals surface area contributed by atoms with Crippen molar-refractivity contribution in [3.8, 4) is 11.3 Å². The number of benzene rings is 1. The van der Waals surface area contributed by atoms with E-state index in [2.05, 4.69) is 48.5 Å². The van der Waals surface area contributed by atoms with Gasteiger partial charge in [0, 0.05) is 30.3 Å². The fourth-order valence-electron chi connectivity index (χ4n) is 2.49. The van der Waals surface area contributed by atoms with Crippen molar-refractivity contribution in [2.45, 2.75) is 52.2 Å². The van der Waals surface area contributed by atoms with Crippen LogP contribution < -0.4 is 10.9 Å². The first kappa shape index (κ1) is 15.0. The molecule has 1 aromatic heterocycles. The van der Waals surface area contributed by atoms with Gasteiger partial charge in [-0.05, 0) is 32.3 Å². The van der Waals surface area contributed by atoms with Crippen molar-refractivity contribution < 1.29 is 0 Å². The van der Waals surface area contributed by atoms with Crippen LogP contribution in [0.3, 0.4) is 0 Å². The van der Waals surface area contributed by atoms with Crippen LogP contribution in [0.15, 0.2) is 35.1 Å². The Hall–Kier alpha value is -1.94. The monoisotopic (exact) mass is 297 g/mol. The number of hydrogen-bond acceptors (Lipinski definition) is 3. The number of rotatable bonds is 6. The molecule has 1 aromatic carbocycles. The van der Waals surface area contributed by atoms with Crippen LogP contribution in [0.4, 0.5) is 0 Å². The maximum atomic E-state index is 12.5. The zero-order valence-corrected chi connectivity index (χ0v) is 13.3. The second kappa shape index (κ2) is 6.44. The standard InChI is InChI=1S/C18H23N3O/c1-3-10-21-18(22)15(12-19-16-8-9-16)11-17(20-21)14-6-4-13(2)5-7-14/h4-7,11,16,19H,3,8-10,12H2,1-2H3. The molecule has 0 spiro atoms. The zero-order valence-electron chi connectivity index (χ0n) is 13.3. The Kier molecular flexibility index (Phi) is 4.39. The lowest BCUT2D eigenvalue weighted by Crippen LogP contribution is -2.30. The Bertz CT molecular complexity index is 699. The molecular formula is C18H23N3O. The van der Waals surface area contributed by atoms with Crippen molar-refractivity contribution in [3.63, 3.8) is 0 Å². The number of nitrogens with zero attached hydrogens (tertiary/aromatic N) is 2. The van der Waals surface area contributed by atoms with Gasteiger partial charge in [0.1, 0.15) is 0 Å². The quantitative estimate of drug-likeness (QED) is 0.892. The van der Waals surface area contributed by atoms with Gasteiger partial charge in [-0.3, -0.25) is 4.79 Å². The third-order valence-electron chi connectivity index (χ3n) is 3.99. The van der Waals surface area contributed by atoms with Gasteiger partial charge >= 0.3 is 0 Å². The molecule has 1 aliphatic carbocycles. The van der Waals surface area contributed by atoms with Gasteiger partial charge in [0.2, 0.25) is 0 Å². The summed E-state index contributed by atoms with van der Waals surface area (Å²) in [6, 6.07) is 10.8. The molecule has 0 amide bonds. The van der Waals surface area contributed by atoms with Gasteiger partial charge in [0.25, 0.3) is 5.56 Å². The highest BCUT2D eigenvalue weighted by Crippen LogP contribution is 2.20. The first-order valence-electron chi connectivity index (χ1n) is 8.09. The molecule has 22 heavy (non-hydrogen) atoms. The molecule has 0 bridgehead atoms. The highest BCUT2D eigenvalue weighted by atomic mass is 16.1. The molecule has 0 saturated heterocycles. The summed E-state index contributed by atoms with van der Waals surface area (Å²) >= 11 is 0. The van der Waals surface area contributed by atoms with Crippen molar-refractivity contribution >= 4 is 0 Å². The van der Waals surface area contributed by atoms with Crippen molar-refractivity contribution in [3.05, 3.63) is 51.8 Å². The summed E-state index contributed by atoms with van der Waals surface area (Å²) in [5.41, 5.74) is 4.00. The Labute approximate surface area is 131 Å². The minimum atomic E-state index is 0.0332. The molecule has 0 unspecified atom stereocenters. The molecule has 0 radical (unpaired) electrons. The van der Waals surface area contributed by atoms with Crippen LogP contribution in [-0.4, -0.2) is 15.8 Å². The molecule has 1 N–H and O–H groups in total.